The number of carbonyl (C=O) groups is 1. The van der Waals surface area contributed by atoms with Crippen LogP contribution in [0.1, 0.15) is 22.0 Å². The molecule has 0 saturated heterocycles. The van der Waals surface area contributed by atoms with Crippen LogP contribution >= 0.6 is 23.2 Å². The number of anilines is 1. The number of aromatic nitrogens is 2. The summed E-state index contributed by atoms with van der Waals surface area (Å²) in [6, 6.07) is 11.1. The van der Waals surface area contributed by atoms with Gasteiger partial charge in [0, 0.05) is 17.8 Å². The van der Waals surface area contributed by atoms with E-state index in [1.54, 1.807) is 30.3 Å². The third kappa shape index (κ3) is 3.04. The molecule has 0 fully saturated rings. The topological polar surface area (TPSA) is 54.9 Å². The lowest BCUT2D eigenvalue weighted by Gasteiger charge is -2.10. The van der Waals surface area contributed by atoms with Crippen LogP contribution in [0.3, 0.4) is 0 Å². The fourth-order valence-electron chi connectivity index (χ4n) is 3.02. The van der Waals surface area contributed by atoms with Crippen LogP contribution in [0, 0.1) is 5.82 Å². The van der Waals surface area contributed by atoms with Crippen molar-refractivity contribution in [3.63, 3.8) is 0 Å². The van der Waals surface area contributed by atoms with E-state index in [-0.39, 0.29) is 17.3 Å². The third-order valence-electron chi connectivity index (χ3n) is 4.34. The SMILES string of the molecule is O=C(c1cc(-c2ccc(Cl)c(Cl)c2)ncn1)C1CNc2ccc(F)cc21. The summed E-state index contributed by atoms with van der Waals surface area (Å²) < 4.78 is 13.6. The minimum absolute atomic E-state index is 0.189. The Morgan fingerprint density at radius 1 is 1.08 bits per heavy atom. The minimum atomic E-state index is -0.489. The van der Waals surface area contributed by atoms with Gasteiger partial charge in [-0.3, -0.25) is 4.79 Å². The first-order valence-electron chi connectivity index (χ1n) is 7.88. The van der Waals surface area contributed by atoms with Crippen molar-refractivity contribution in [2.24, 2.45) is 0 Å². The lowest BCUT2D eigenvalue weighted by atomic mass is 9.94. The first-order valence-corrected chi connectivity index (χ1v) is 8.63. The predicted molar refractivity (Wildman–Crippen MR) is 99.4 cm³/mol. The molecule has 1 aliphatic rings. The molecule has 4 nitrogen and oxygen atoms in total. The van der Waals surface area contributed by atoms with Gasteiger partial charge >= 0.3 is 0 Å². The van der Waals surface area contributed by atoms with Crippen LogP contribution in [0.15, 0.2) is 48.8 Å². The summed E-state index contributed by atoms with van der Waals surface area (Å²) in [5.41, 5.74) is 2.97. The van der Waals surface area contributed by atoms with Gasteiger partial charge in [-0.25, -0.2) is 14.4 Å². The van der Waals surface area contributed by atoms with Gasteiger partial charge in [0.1, 0.15) is 17.8 Å². The Bertz CT molecular complexity index is 1030. The summed E-state index contributed by atoms with van der Waals surface area (Å²) >= 11 is 12.0. The fourth-order valence-corrected chi connectivity index (χ4v) is 3.32. The van der Waals surface area contributed by atoms with E-state index in [0.29, 0.717) is 27.8 Å². The van der Waals surface area contributed by atoms with Gasteiger partial charge in [-0.2, -0.15) is 0 Å². The van der Waals surface area contributed by atoms with Crippen molar-refractivity contribution in [1.29, 1.82) is 0 Å². The molecule has 1 unspecified atom stereocenters. The molecule has 0 aliphatic carbocycles. The van der Waals surface area contributed by atoms with Crippen molar-refractivity contribution >= 4 is 34.7 Å². The Balaban J connectivity index is 1.68. The first kappa shape index (κ1) is 16.9. The van der Waals surface area contributed by atoms with Gasteiger partial charge in [-0.05, 0) is 42.0 Å². The second-order valence-electron chi connectivity index (χ2n) is 5.95. The Kier molecular flexibility index (Phi) is 4.34. The fraction of sp³-hybridized carbons (Fsp3) is 0.105. The highest BCUT2D eigenvalue weighted by atomic mass is 35.5. The zero-order valence-electron chi connectivity index (χ0n) is 13.3. The Hall–Kier alpha value is -2.50. The molecule has 2 aromatic carbocycles. The van der Waals surface area contributed by atoms with Crippen molar-refractivity contribution in [2.45, 2.75) is 5.92 Å². The molecule has 1 aromatic heterocycles. The zero-order chi connectivity index (χ0) is 18.3. The highest BCUT2D eigenvalue weighted by molar-refractivity contribution is 6.42. The number of hydrogen-bond acceptors (Lipinski definition) is 4. The molecule has 4 rings (SSSR count). The van der Waals surface area contributed by atoms with E-state index in [1.165, 1.54) is 18.5 Å². The number of benzene rings is 2. The van der Waals surface area contributed by atoms with Crippen molar-refractivity contribution < 1.29 is 9.18 Å². The normalized spacial score (nSPS) is 15.4. The second-order valence-corrected chi connectivity index (χ2v) is 6.76. The van der Waals surface area contributed by atoms with E-state index >= 15 is 0 Å². The van der Waals surface area contributed by atoms with Gasteiger partial charge in [0.15, 0.2) is 5.78 Å². The van der Waals surface area contributed by atoms with E-state index in [2.05, 4.69) is 15.3 Å². The van der Waals surface area contributed by atoms with E-state index < -0.39 is 5.92 Å². The number of Topliss-reactive ketones (excluding diaryl/α,β-unsaturated/α-hetero) is 1. The monoisotopic (exact) mass is 387 g/mol. The maximum absolute atomic E-state index is 13.6. The summed E-state index contributed by atoms with van der Waals surface area (Å²) in [4.78, 5) is 21.2. The average molecular weight is 388 g/mol. The third-order valence-corrected chi connectivity index (χ3v) is 5.08. The summed E-state index contributed by atoms with van der Waals surface area (Å²) in [7, 11) is 0. The number of carbonyl (C=O) groups excluding carboxylic acids is 1. The average Bonchev–Trinajstić information content (AvgIpc) is 3.06. The van der Waals surface area contributed by atoms with E-state index in [1.807, 2.05) is 0 Å². The molecule has 0 saturated carbocycles. The maximum atomic E-state index is 13.6. The standard InChI is InChI=1S/C19H12Cl2FN3O/c20-14-3-1-10(5-15(14)21)17-7-18(25-9-24-17)19(26)13-8-23-16-4-2-11(22)6-12(13)16/h1-7,9,13,23H,8H2. The molecule has 130 valence electrons. The van der Waals surface area contributed by atoms with Crippen LogP contribution in [0.5, 0.6) is 0 Å². The Labute approximate surface area is 159 Å². The van der Waals surface area contributed by atoms with E-state index in [0.717, 1.165) is 11.3 Å². The molecule has 26 heavy (non-hydrogen) atoms. The van der Waals surface area contributed by atoms with Crippen LogP contribution < -0.4 is 5.32 Å². The number of hydrogen-bond donors (Lipinski definition) is 1. The highest BCUT2D eigenvalue weighted by Gasteiger charge is 2.30. The number of nitrogens with zero attached hydrogens (tertiary/aromatic N) is 2. The lowest BCUT2D eigenvalue weighted by molar-refractivity contribution is 0.0961. The van der Waals surface area contributed by atoms with Crippen molar-refractivity contribution in [3.8, 4) is 11.3 Å². The maximum Gasteiger partial charge on any atom is 0.190 e. The number of halogens is 3. The summed E-state index contributed by atoms with van der Waals surface area (Å²) in [5.74, 6) is -1.05. The Morgan fingerprint density at radius 2 is 1.92 bits per heavy atom. The van der Waals surface area contributed by atoms with Crippen LogP contribution in [-0.2, 0) is 0 Å². The lowest BCUT2D eigenvalue weighted by Crippen LogP contribution is -2.16. The Morgan fingerprint density at radius 3 is 2.73 bits per heavy atom. The molecule has 3 aromatic rings. The number of fused-ring (bicyclic) bond motifs is 1. The molecule has 0 bridgehead atoms. The van der Waals surface area contributed by atoms with Gasteiger partial charge in [0.2, 0.25) is 0 Å². The van der Waals surface area contributed by atoms with Gasteiger partial charge < -0.3 is 5.32 Å². The predicted octanol–water partition coefficient (Wildman–Crippen LogP) is 4.98. The van der Waals surface area contributed by atoms with Gasteiger partial charge in [-0.1, -0.05) is 29.3 Å². The molecule has 2 heterocycles. The summed E-state index contributed by atoms with van der Waals surface area (Å²) in [5, 5.41) is 3.97. The number of ketones is 1. The van der Waals surface area contributed by atoms with Crippen LogP contribution in [0.2, 0.25) is 10.0 Å². The van der Waals surface area contributed by atoms with Crippen molar-refractivity contribution in [1.82, 2.24) is 9.97 Å². The summed E-state index contributed by atoms with van der Waals surface area (Å²) in [6.07, 6.45) is 1.33. The molecule has 0 spiro atoms. The van der Waals surface area contributed by atoms with Gasteiger partial charge in [0.05, 0.1) is 21.7 Å². The molecular weight excluding hydrogens is 376 g/mol. The first-order chi connectivity index (χ1) is 12.5. The van der Waals surface area contributed by atoms with Gasteiger partial charge in [0.25, 0.3) is 0 Å². The molecular formula is C19H12Cl2FN3O. The minimum Gasteiger partial charge on any atom is -0.384 e. The highest BCUT2D eigenvalue weighted by Crippen LogP contribution is 2.34. The quantitative estimate of drug-likeness (QED) is 0.643. The molecule has 1 atom stereocenters. The molecule has 7 heteroatoms. The molecule has 0 radical (unpaired) electrons. The molecule has 1 aliphatic heterocycles. The second kappa shape index (κ2) is 6.67. The van der Waals surface area contributed by atoms with Crippen molar-refractivity contribution in [3.05, 3.63) is 75.9 Å². The van der Waals surface area contributed by atoms with Crippen LogP contribution in [0.4, 0.5) is 10.1 Å². The number of rotatable bonds is 3. The summed E-state index contributed by atoms with van der Waals surface area (Å²) in [6.45, 7) is 0.406. The zero-order valence-corrected chi connectivity index (χ0v) is 14.9. The smallest absolute Gasteiger partial charge is 0.190 e. The number of nitrogens with one attached hydrogen (secondary N) is 1. The molecule has 1 N–H and O–H groups in total. The van der Waals surface area contributed by atoms with Crippen molar-refractivity contribution in [2.75, 3.05) is 11.9 Å². The van der Waals surface area contributed by atoms with E-state index in [4.69, 9.17) is 23.2 Å². The largest absolute Gasteiger partial charge is 0.384 e. The molecule has 0 amide bonds. The van der Waals surface area contributed by atoms with Gasteiger partial charge in [-0.15, -0.1) is 0 Å². The van der Waals surface area contributed by atoms with Crippen LogP contribution in [-0.4, -0.2) is 22.3 Å². The van der Waals surface area contributed by atoms with E-state index in [9.17, 15) is 9.18 Å². The van der Waals surface area contributed by atoms with Crippen LogP contribution in [0.25, 0.3) is 11.3 Å².